The van der Waals surface area contributed by atoms with E-state index < -0.39 is 11.9 Å². The van der Waals surface area contributed by atoms with Gasteiger partial charge in [0.25, 0.3) is 0 Å². The van der Waals surface area contributed by atoms with Crippen molar-refractivity contribution in [2.75, 3.05) is 0 Å². The van der Waals surface area contributed by atoms with E-state index in [-0.39, 0.29) is 16.5 Å². The first kappa shape index (κ1) is 22.2. The Morgan fingerprint density at radius 1 is 0.923 bits per heavy atom. The molecule has 0 radical (unpaired) electrons. The van der Waals surface area contributed by atoms with Crippen LogP contribution in [-0.2, 0) is 12.8 Å². The Kier molecular flexibility index (Phi) is 8.83. The number of rotatable bonds is 12. The second kappa shape index (κ2) is 10.3. The minimum absolute atomic E-state index is 0.0159. The first-order chi connectivity index (χ1) is 12.2. The highest BCUT2D eigenvalue weighted by molar-refractivity contribution is 6.03. The number of carboxylic acids is 2. The van der Waals surface area contributed by atoms with Crippen molar-refractivity contribution >= 4 is 11.9 Å². The molecule has 146 valence electrons. The van der Waals surface area contributed by atoms with Gasteiger partial charge in [0.05, 0.1) is 11.1 Å². The second-order valence-corrected chi connectivity index (χ2v) is 7.99. The molecule has 4 nitrogen and oxygen atoms in total. The summed E-state index contributed by atoms with van der Waals surface area (Å²) in [6.07, 6.45) is 8.88. The van der Waals surface area contributed by atoms with Crippen LogP contribution in [0.25, 0.3) is 0 Å². The van der Waals surface area contributed by atoms with E-state index in [0.29, 0.717) is 6.42 Å². The Morgan fingerprint density at radius 3 is 2.12 bits per heavy atom. The van der Waals surface area contributed by atoms with E-state index in [9.17, 15) is 19.8 Å². The van der Waals surface area contributed by atoms with Gasteiger partial charge in [0.15, 0.2) is 0 Å². The molecule has 1 aromatic rings. The zero-order chi connectivity index (χ0) is 19.7. The van der Waals surface area contributed by atoms with Crippen LogP contribution < -0.4 is 0 Å². The smallest absolute Gasteiger partial charge is 0.336 e. The average Bonchev–Trinajstić information content (AvgIpc) is 2.56. The lowest BCUT2D eigenvalue weighted by molar-refractivity contribution is 0.0650. The van der Waals surface area contributed by atoms with Crippen LogP contribution in [0.15, 0.2) is 12.1 Å². The molecule has 0 spiro atoms. The highest BCUT2D eigenvalue weighted by Gasteiger charge is 2.26. The van der Waals surface area contributed by atoms with Crippen LogP contribution in [0.2, 0.25) is 0 Å². The van der Waals surface area contributed by atoms with Gasteiger partial charge in [0, 0.05) is 0 Å². The summed E-state index contributed by atoms with van der Waals surface area (Å²) in [6.45, 7) is 8.71. The molecule has 0 amide bonds. The normalized spacial score (nSPS) is 11.5. The van der Waals surface area contributed by atoms with Crippen LogP contribution in [0.1, 0.15) is 104 Å². The number of benzene rings is 1. The van der Waals surface area contributed by atoms with Gasteiger partial charge >= 0.3 is 11.9 Å². The third-order valence-electron chi connectivity index (χ3n) is 5.01. The lowest BCUT2D eigenvalue weighted by Gasteiger charge is -2.27. The molecule has 0 aliphatic heterocycles. The van der Waals surface area contributed by atoms with Gasteiger partial charge in [-0.3, -0.25) is 0 Å². The van der Waals surface area contributed by atoms with Crippen molar-refractivity contribution in [3.05, 3.63) is 34.4 Å². The molecule has 0 aliphatic rings. The largest absolute Gasteiger partial charge is 0.478 e. The van der Waals surface area contributed by atoms with Gasteiger partial charge in [-0.2, -0.15) is 0 Å². The molecule has 0 heterocycles. The third kappa shape index (κ3) is 6.47. The van der Waals surface area contributed by atoms with Gasteiger partial charge in [-0.25, -0.2) is 9.59 Å². The SMILES string of the molecule is CCCCCCc1c(CC(C)(C)CCCC)ccc(C(=O)O)c1C(=O)O. The average molecular weight is 363 g/mol. The van der Waals surface area contributed by atoms with Crippen molar-refractivity contribution < 1.29 is 19.8 Å². The lowest BCUT2D eigenvalue weighted by atomic mass is 9.78. The highest BCUT2D eigenvalue weighted by atomic mass is 16.4. The Labute approximate surface area is 157 Å². The van der Waals surface area contributed by atoms with Crippen molar-refractivity contribution in [2.45, 2.75) is 85.5 Å². The zero-order valence-corrected chi connectivity index (χ0v) is 16.7. The predicted molar refractivity (Wildman–Crippen MR) is 105 cm³/mol. The predicted octanol–water partition coefficient (Wildman–Crippen LogP) is 5.96. The summed E-state index contributed by atoms with van der Waals surface area (Å²) in [5.74, 6) is -2.31. The molecule has 0 unspecified atom stereocenters. The van der Waals surface area contributed by atoms with E-state index in [2.05, 4.69) is 27.7 Å². The molecule has 0 bridgehead atoms. The molecule has 0 aromatic heterocycles. The standard InChI is InChI=1S/C22H34O4/c1-5-7-9-10-11-17-16(15-22(3,4)14-8-6-2)12-13-18(20(23)24)19(17)21(25)26/h12-13H,5-11,14-15H2,1-4H3,(H,23,24)(H,25,26). The fraction of sp³-hybridized carbons (Fsp3) is 0.636. The minimum Gasteiger partial charge on any atom is -0.478 e. The van der Waals surface area contributed by atoms with Crippen LogP contribution in [0.5, 0.6) is 0 Å². The highest BCUT2D eigenvalue weighted by Crippen LogP contribution is 2.32. The molecular weight excluding hydrogens is 328 g/mol. The van der Waals surface area contributed by atoms with Crippen molar-refractivity contribution in [1.82, 2.24) is 0 Å². The van der Waals surface area contributed by atoms with Crippen molar-refractivity contribution in [3.63, 3.8) is 0 Å². The van der Waals surface area contributed by atoms with Crippen molar-refractivity contribution in [3.8, 4) is 0 Å². The van der Waals surface area contributed by atoms with Gasteiger partial charge in [0.1, 0.15) is 0 Å². The number of carbonyl (C=O) groups is 2. The van der Waals surface area contributed by atoms with Crippen LogP contribution >= 0.6 is 0 Å². The molecule has 26 heavy (non-hydrogen) atoms. The molecule has 0 saturated heterocycles. The number of aromatic carboxylic acids is 2. The number of unbranched alkanes of at least 4 members (excludes halogenated alkanes) is 4. The topological polar surface area (TPSA) is 74.6 Å². The first-order valence-corrected chi connectivity index (χ1v) is 9.84. The maximum absolute atomic E-state index is 11.9. The maximum atomic E-state index is 11.9. The molecule has 2 N–H and O–H groups in total. The Bertz CT molecular complexity index is 617. The molecular formula is C22H34O4. The molecule has 4 heteroatoms. The van der Waals surface area contributed by atoms with Gasteiger partial charge in [0.2, 0.25) is 0 Å². The van der Waals surface area contributed by atoms with Crippen LogP contribution in [0.3, 0.4) is 0 Å². The molecule has 0 aliphatic carbocycles. The Morgan fingerprint density at radius 2 is 1.58 bits per heavy atom. The molecule has 1 rings (SSSR count). The molecule has 1 aromatic carbocycles. The molecule has 0 saturated carbocycles. The van der Waals surface area contributed by atoms with Gasteiger partial charge in [-0.1, -0.05) is 65.9 Å². The van der Waals surface area contributed by atoms with Crippen LogP contribution in [0, 0.1) is 5.41 Å². The number of carboxylic acid groups (broad SMARTS) is 2. The van der Waals surface area contributed by atoms with E-state index in [1.54, 1.807) is 0 Å². The Balaban J connectivity index is 3.27. The third-order valence-corrected chi connectivity index (χ3v) is 5.01. The second-order valence-electron chi connectivity index (χ2n) is 7.99. The van der Waals surface area contributed by atoms with E-state index in [1.165, 1.54) is 6.07 Å². The molecule has 0 fully saturated rings. The van der Waals surface area contributed by atoms with Gasteiger partial charge in [-0.15, -0.1) is 0 Å². The summed E-state index contributed by atoms with van der Waals surface area (Å²) in [4.78, 5) is 23.4. The van der Waals surface area contributed by atoms with Crippen molar-refractivity contribution in [1.29, 1.82) is 0 Å². The maximum Gasteiger partial charge on any atom is 0.336 e. The summed E-state index contributed by atoms with van der Waals surface area (Å²) < 4.78 is 0. The fourth-order valence-electron chi connectivity index (χ4n) is 3.55. The van der Waals surface area contributed by atoms with Crippen LogP contribution in [0.4, 0.5) is 0 Å². The number of hydrogen-bond donors (Lipinski definition) is 2. The number of hydrogen-bond acceptors (Lipinski definition) is 2. The van der Waals surface area contributed by atoms with Crippen molar-refractivity contribution in [2.24, 2.45) is 5.41 Å². The van der Waals surface area contributed by atoms with E-state index in [1.807, 2.05) is 6.07 Å². The van der Waals surface area contributed by atoms with Crippen LogP contribution in [-0.4, -0.2) is 22.2 Å². The van der Waals surface area contributed by atoms with Gasteiger partial charge in [-0.05, 0) is 48.3 Å². The Hall–Kier alpha value is -1.84. The zero-order valence-electron chi connectivity index (χ0n) is 16.7. The van der Waals surface area contributed by atoms with Gasteiger partial charge < -0.3 is 10.2 Å². The first-order valence-electron chi connectivity index (χ1n) is 9.84. The van der Waals surface area contributed by atoms with E-state index in [0.717, 1.165) is 62.5 Å². The minimum atomic E-state index is -1.17. The van der Waals surface area contributed by atoms with E-state index >= 15 is 0 Å². The van der Waals surface area contributed by atoms with E-state index in [4.69, 9.17) is 0 Å². The molecule has 0 atom stereocenters. The monoisotopic (exact) mass is 362 g/mol. The summed E-state index contributed by atoms with van der Waals surface area (Å²) in [5.41, 5.74) is 1.66. The summed E-state index contributed by atoms with van der Waals surface area (Å²) in [6, 6.07) is 3.30. The quantitative estimate of drug-likeness (QED) is 0.450. The fourth-order valence-corrected chi connectivity index (χ4v) is 3.55. The summed E-state index contributed by atoms with van der Waals surface area (Å²) in [5, 5.41) is 19.1. The summed E-state index contributed by atoms with van der Waals surface area (Å²) >= 11 is 0. The lowest BCUT2D eigenvalue weighted by Crippen LogP contribution is -2.19. The summed E-state index contributed by atoms with van der Waals surface area (Å²) in [7, 11) is 0.